The van der Waals surface area contributed by atoms with Crippen LogP contribution in [0.3, 0.4) is 0 Å². The quantitative estimate of drug-likeness (QED) is 0.185. The van der Waals surface area contributed by atoms with Gasteiger partial charge in [-0.25, -0.2) is 0 Å². The van der Waals surface area contributed by atoms with Crippen molar-refractivity contribution in [2.24, 2.45) is 52.3 Å². The molecule has 22 atom stereocenters. The predicted molar refractivity (Wildman–Crippen MR) is 183 cm³/mol. The number of fused-ring (bicyclic) bond motifs is 7. The predicted octanol–water partition coefficient (Wildman–Crippen LogP) is 0.621. The average Bonchev–Trinajstić information content (AvgIpc) is 3.59. The second-order valence-electron chi connectivity index (χ2n) is 18.6. The number of rotatable bonds is 6. The lowest BCUT2D eigenvalue weighted by atomic mass is 9.44. The molecule has 4 heterocycles. The Morgan fingerprint density at radius 2 is 1.47 bits per heavy atom. The van der Waals surface area contributed by atoms with Crippen LogP contribution in [0.15, 0.2) is 0 Å². The van der Waals surface area contributed by atoms with E-state index in [2.05, 4.69) is 27.7 Å². The van der Waals surface area contributed by atoms with Crippen LogP contribution < -0.4 is 0 Å². The highest BCUT2D eigenvalue weighted by atomic mass is 16.7. The van der Waals surface area contributed by atoms with Crippen LogP contribution >= 0.6 is 0 Å². The highest BCUT2D eigenvalue weighted by Gasteiger charge is 2.72. The monoisotopic (exact) mass is 754 g/mol. The van der Waals surface area contributed by atoms with Crippen molar-refractivity contribution in [3.05, 3.63) is 0 Å². The summed E-state index contributed by atoms with van der Waals surface area (Å²) in [4.78, 5) is 14.5. The van der Waals surface area contributed by atoms with Gasteiger partial charge in [0.05, 0.1) is 32.0 Å². The van der Waals surface area contributed by atoms with E-state index in [9.17, 15) is 40.5 Å². The van der Waals surface area contributed by atoms with Crippen molar-refractivity contribution in [1.82, 2.24) is 0 Å². The fraction of sp³-hybridized carbons (Fsp3) is 0.974. The fourth-order valence-electron chi connectivity index (χ4n) is 12.9. The zero-order chi connectivity index (χ0) is 37.8. The van der Waals surface area contributed by atoms with Gasteiger partial charge in [0.25, 0.3) is 0 Å². The second-order valence-corrected chi connectivity index (χ2v) is 18.6. The van der Waals surface area contributed by atoms with E-state index >= 15 is 0 Å². The molecule has 4 aliphatic heterocycles. The first-order valence-electron chi connectivity index (χ1n) is 20.3. The molecule has 0 bridgehead atoms. The van der Waals surface area contributed by atoms with Gasteiger partial charge in [0, 0.05) is 30.1 Å². The highest BCUT2D eigenvalue weighted by Crippen LogP contribution is 2.70. The molecular formula is C39H62O14. The molecule has 7 N–H and O–H groups in total. The molecule has 4 aliphatic carbocycles. The largest absolute Gasteiger partial charge is 0.394 e. The molecule has 4 saturated heterocycles. The van der Waals surface area contributed by atoms with E-state index in [-0.39, 0.29) is 35.4 Å². The summed E-state index contributed by atoms with van der Waals surface area (Å²) in [7, 11) is 0. The molecule has 4 saturated carbocycles. The number of ketones is 1. The van der Waals surface area contributed by atoms with Crippen LogP contribution in [-0.4, -0.2) is 141 Å². The van der Waals surface area contributed by atoms with Gasteiger partial charge in [0.1, 0.15) is 54.6 Å². The van der Waals surface area contributed by atoms with Crippen LogP contribution in [0, 0.1) is 52.3 Å². The number of Topliss-reactive ketones (excluding diaryl/α,β-unsaturated/α-hetero) is 1. The Labute approximate surface area is 311 Å². The number of carbonyl (C=O) groups is 1. The minimum absolute atomic E-state index is 0.0443. The Balaban J connectivity index is 0.909. The average molecular weight is 755 g/mol. The first kappa shape index (κ1) is 39.0. The molecule has 0 amide bonds. The van der Waals surface area contributed by atoms with Crippen LogP contribution in [0.25, 0.3) is 0 Å². The van der Waals surface area contributed by atoms with Crippen LogP contribution in [0.1, 0.15) is 85.5 Å². The van der Waals surface area contributed by atoms with Crippen molar-refractivity contribution in [1.29, 1.82) is 0 Å². The van der Waals surface area contributed by atoms with Crippen molar-refractivity contribution >= 4 is 5.78 Å². The van der Waals surface area contributed by atoms with E-state index in [0.29, 0.717) is 48.9 Å². The molecule has 1 spiro atoms. The maximum absolute atomic E-state index is 14.5. The van der Waals surface area contributed by atoms with E-state index in [4.69, 9.17) is 28.4 Å². The number of ether oxygens (including phenoxy) is 6. The van der Waals surface area contributed by atoms with Gasteiger partial charge in [-0.15, -0.1) is 0 Å². The Morgan fingerprint density at radius 3 is 2.17 bits per heavy atom. The molecule has 8 aliphatic rings. The van der Waals surface area contributed by atoms with Crippen LogP contribution in [0.2, 0.25) is 0 Å². The molecular weight excluding hydrogens is 692 g/mol. The zero-order valence-corrected chi connectivity index (χ0v) is 31.4. The van der Waals surface area contributed by atoms with Crippen molar-refractivity contribution in [2.45, 2.75) is 165 Å². The molecule has 0 aromatic rings. The molecule has 8 fully saturated rings. The molecule has 0 radical (unpaired) electrons. The zero-order valence-electron chi connectivity index (χ0n) is 31.4. The topological polar surface area (TPSA) is 214 Å². The normalized spacial score (nSPS) is 58.2. The molecule has 302 valence electrons. The Hall–Kier alpha value is -0.850. The number of hydrogen-bond donors (Lipinski definition) is 7. The molecule has 7 unspecified atom stereocenters. The number of aliphatic hydroxyl groups excluding tert-OH is 7. The summed E-state index contributed by atoms with van der Waals surface area (Å²) in [5, 5.41) is 72.8. The first-order chi connectivity index (χ1) is 25.2. The van der Waals surface area contributed by atoms with E-state index < -0.39 is 85.8 Å². The number of carbonyl (C=O) groups excluding carboxylic acids is 1. The van der Waals surface area contributed by atoms with Gasteiger partial charge in [0.2, 0.25) is 0 Å². The highest BCUT2D eigenvalue weighted by molar-refractivity contribution is 5.87. The molecule has 8 rings (SSSR count). The van der Waals surface area contributed by atoms with Gasteiger partial charge in [0.15, 0.2) is 18.4 Å². The smallest absolute Gasteiger partial charge is 0.187 e. The molecule has 14 heteroatoms. The Kier molecular flexibility index (Phi) is 10.5. The van der Waals surface area contributed by atoms with Gasteiger partial charge in [-0.1, -0.05) is 27.7 Å². The summed E-state index contributed by atoms with van der Waals surface area (Å²) in [6.45, 7) is 8.51. The second kappa shape index (κ2) is 14.2. The van der Waals surface area contributed by atoms with Crippen LogP contribution in [0.5, 0.6) is 0 Å². The summed E-state index contributed by atoms with van der Waals surface area (Å²) >= 11 is 0. The van der Waals surface area contributed by atoms with Crippen molar-refractivity contribution in [3.63, 3.8) is 0 Å². The third-order valence-electron chi connectivity index (χ3n) is 16.0. The summed E-state index contributed by atoms with van der Waals surface area (Å²) in [6.07, 6.45) is -7.31. The van der Waals surface area contributed by atoms with Crippen LogP contribution in [-0.2, 0) is 33.2 Å². The maximum Gasteiger partial charge on any atom is 0.187 e. The van der Waals surface area contributed by atoms with E-state index in [1.807, 2.05) is 0 Å². The van der Waals surface area contributed by atoms with Crippen molar-refractivity contribution in [2.75, 3.05) is 19.8 Å². The summed E-state index contributed by atoms with van der Waals surface area (Å²) in [5.74, 6) is 2.02. The SMILES string of the molecule is CC1C2C(CC3C4CC[C@H]5C[C@@H](O[C@@H]6O[C@H](CO)[C@H](O[C@H]7O[C@H](CO)[C@@H](O)[C@H](O)[C@H]7O)[C@H](O)[C@H]6O)CC[C@]5(C)C4CC(=O)[C@@]32C)OC12CC[C@@H](C)CO2. The molecule has 0 aromatic heterocycles. The van der Waals surface area contributed by atoms with E-state index in [1.165, 1.54) is 0 Å². The lowest BCUT2D eigenvalue weighted by molar-refractivity contribution is -0.364. The number of aliphatic hydroxyl groups is 7. The van der Waals surface area contributed by atoms with Crippen molar-refractivity contribution in [3.8, 4) is 0 Å². The summed E-state index contributed by atoms with van der Waals surface area (Å²) in [5.41, 5.74) is -0.453. The fourth-order valence-corrected chi connectivity index (χ4v) is 12.9. The standard InChI is InChI=1S/C39H62O14/c1-17-7-10-39(48-16-17)18(2)28-24(53-39)12-23-21-6-5-19-11-20(8-9-37(19,3)22(21)13-27(42)38(23,28)4)49-35-33(47)31(45)34(26(15-41)51-35)52-36-32(46)30(44)29(43)25(14-40)50-36/h17-26,28-36,40-41,43-47H,5-16H2,1-4H3/t17-,18?,19+,20+,21?,22?,23?,24?,25-,26-,28?,29-,30+,31-,32-,33-,34+,35-,36-,37+,38-,39?/m1/s1. The van der Waals surface area contributed by atoms with Gasteiger partial charge >= 0.3 is 0 Å². The minimum Gasteiger partial charge on any atom is -0.394 e. The summed E-state index contributed by atoms with van der Waals surface area (Å²) in [6, 6.07) is 0. The Bertz CT molecular complexity index is 1340. The van der Waals surface area contributed by atoms with Gasteiger partial charge in [-0.3, -0.25) is 4.79 Å². The van der Waals surface area contributed by atoms with E-state index in [1.54, 1.807) is 0 Å². The third kappa shape index (κ3) is 6.03. The lowest BCUT2D eigenvalue weighted by Crippen LogP contribution is -2.65. The third-order valence-corrected chi connectivity index (χ3v) is 16.0. The molecule has 53 heavy (non-hydrogen) atoms. The first-order valence-corrected chi connectivity index (χ1v) is 20.3. The Morgan fingerprint density at radius 1 is 0.774 bits per heavy atom. The summed E-state index contributed by atoms with van der Waals surface area (Å²) < 4.78 is 36.7. The van der Waals surface area contributed by atoms with E-state index in [0.717, 1.165) is 44.9 Å². The van der Waals surface area contributed by atoms with Gasteiger partial charge in [-0.2, -0.15) is 0 Å². The van der Waals surface area contributed by atoms with Gasteiger partial charge in [-0.05, 0) is 80.0 Å². The molecule has 14 nitrogen and oxygen atoms in total. The maximum atomic E-state index is 14.5. The van der Waals surface area contributed by atoms with Gasteiger partial charge < -0.3 is 64.2 Å². The van der Waals surface area contributed by atoms with Crippen molar-refractivity contribution < 1.29 is 69.0 Å². The minimum atomic E-state index is -1.73. The number of hydrogen-bond acceptors (Lipinski definition) is 14. The molecule has 0 aromatic carbocycles. The lowest BCUT2D eigenvalue weighted by Gasteiger charge is -2.60. The van der Waals surface area contributed by atoms with Crippen LogP contribution in [0.4, 0.5) is 0 Å².